The number of halogens is 5. The number of hydrogen-bond donors (Lipinski definition) is 0. The summed E-state index contributed by atoms with van der Waals surface area (Å²) in [6.45, 7) is 1.24. The minimum Gasteiger partial charge on any atom is -0.166 e. The van der Waals surface area contributed by atoms with Gasteiger partial charge in [0.1, 0.15) is 0 Å². The summed E-state index contributed by atoms with van der Waals surface area (Å²) in [5.74, 6) is 0. The largest absolute Gasteiger partial charge is 0.417 e. The molecule has 0 aromatic heterocycles. The molecule has 0 spiro atoms. The molecule has 0 radical (unpaired) electrons. The molecular formula is C7H9ClF3I. The average Bonchev–Trinajstić information content (AvgIpc) is 1.79. The van der Waals surface area contributed by atoms with Crippen molar-refractivity contribution in [1.82, 2.24) is 0 Å². The van der Waals surface area contributed by atoms with Crippen LogP contribution in [0, 0.1) is 0 Å². The summed E-state index contributed by atoms with van der Waals surface area (Å²) in [5.41, 5.74) is -0.730. The Morgan fingerprint density at radius 3 is 2.00 bits per heavy atom. The number of rotatable bonds is 1. The van der Waals surface area contributed by atoms with Gasteiger partial charge in [-0.1, -0.05) is 16.1 Å². The van der Waals surface area contributed by atoms with Crippen molar-refractivity contribution in [2.75, 3.05) is 4.93 Å². The van der Waals surface area contributed by atoms with Crippen LogP contribution in [0.5, 0.6) is 0 Å². The molecule has 0 rings (SSSR count). The van der Waals surface area contributed by atoms with E-state index in [1.54, 1.807) is 4.93 Å². The summed E-state index contributed by atoms with van der Waals surface area (Å²) >= 11 is 3.52. The fraction of sp³-hybridized carbons (Fsp3) is 0.429. The lowest BCUT2D eigenvalue weighted by Gasteiger charge is -2.07. The standard InChI is InChI=1S/C7H9ClF3I/c1-5(8)6(4-12(2)3)7(9,10)11/h4H,2H2,1,3H3/b6-5-. The van der Waals surface area contributed by atoms with Gasteiger partial charge in [-0.15, -0.1) is 0 Å². The lowest BCUT2D eigenvalue weighted by molar-refractivity contribution is -0.0857. The molecule has 0 fully saturated rings. The van der Waals surface area contributed by atoms with Gasteiger partial charge in [-0.05, 0) is 15.9 Å². The van der Waals surface area contributed by atoms with Crippen molar-refractivity contribution in [1.29, 1.82) is 0 Å². The minimum atomic E-state index is -4.34. The third kappa shape index (κ3) is 4.35. The van der Waals surface area contributed by atoms with Crippen LogP contribution >= 0.6 is 30.5 Å². The first-order valence-corrected chi connectivity index (χ1v) is 8.21. The highest BCUT2D eigenvalue weighted by Gasteiger charge is 2.33. The number of hydrogen-bond acceptors (Lipinski definition) is 0. The number of alkyl halides is 4. The highest BCUT2D eigenvalue weighted by atomic mass is 127. The van der Waals surface area contributed by atoms with Crippen LogP contribution in [0.25, 0.3) is 0 Å². The molecule has 0 saturated heterocycles. The Bertz CT molecular complexity index is 265. The van der Waals surface area contributed by atoms with E-state index in [0.29, 0.717) is 0 Å². The van der Waals surface area contributed by atoms with Gasteiger partial charge in [-0.3, -0.25) is 0 Å². The van der Waals surface area contributed by atoms with Gasteiger partial charge in [-0.2, -0.15) is 32.0 Å². The molecule has 0 bridgehead atoms. The zero-order chi connectivity index (χ0) is 9.94. The van der Waals surface area contributed by atoms with E-state index in [9.17, 15) is 13.2 Å². The third-order valence-electron chi connectivity index (χ3n) is 0.972. The maximum atomic E-state index is 12.2. The summed E-state index contributed by atoms with van der Waals surface area (Å²) in [6.07, 6.45) is -4.34. The Hall–Kier alpha value is 0.290. The van der Waals surface area contributed by atoms with E-state index in [-0.39, 0.29) is 5.03 Å². The summed E-state index contributed by atoms with van der Waals surface area (Å²) in [7, 11) is 0. The maximum Gasteiger partial charge on any atom is 0.417 e. The molecular weight excluding hydrogens is 303 g/mol. The van der Waals surface area contributed by atoms with E-state index in [0.717, 1.165) is 4.01 Å². The van der Waals surface area contributed by atoms with Crippen molar-refractivity contribution in [2.24, 2.45) is 0 Å². The lowest BCUT2D eigenvalue weighted by Crippen LogP contribution is -2.13. The average molecular weight is 312 g/mol. The van der Waals surface area contributed by atoms with Gasteiger partial charge in [-0.25, -0.2) is 0 Å². The zero-order valence-electron chi connectivity index (χ0n) is 6.67. The SMILES string of the molecule is C=I(/C)=C\C(=C(/C)Cl)C(F)(F)F. The first kappa shape index (κ1) is 12.3. The normalized spacial score (nSPS) is 17.5. The molecule has 0 aromatic rings. The van der Waals surface area contributed by atoms with E-state index in [1.165, 1.54) is 6.92 Å². The van der Waals surface area contributed by atoms with E-state index in [1.807, 2.05) is 0 Å². The van der Waals surface area contributed by atoms with Crippen LogP contribution in [0.1, 0.15) is 6.92 Å². The highest BCUT2D eigenvalue weighted by molar-refractivity contribution is 14.2. The Morgan fingerprint density at radius 2 is 1.92 bits per heavy atom. The van der Waals surface area contributed by atoms with Crippen molar-refractivity contribution < 1.29 is 13.2 Å². The van der Waals surface area contributed by atoms with Crippen LogP contribution in [0.3, 0.4) is 0 Å². The lowest BCUT2D eigenvalue weighted by atomic mass is 10.3. The molecule has 0 amide bonds. The van der Waals surface area contributed by atoms with Crippen molar-refractivity contribution >= 4 is 39.0 Å². The van der Waals surface area contributed by atoms with Crippen LogP contribution in [0.4, 0.5) is 13.2 Å². The third-order valence-corrected chi connectivity index (χ3v) is 2.86. The topological polar surface area (TPSA) is 0 Å². The van der Waals surface area contributed by atoms with E-state index < -0.39 is 30.6 Å². The second-order valence-electron chi connectivity index (χ2n) is 2.19. The Morgan fingerprint density at radius 1 is 1.50 bits per heavy atom. The molecule has 12 heavy (non-hydrogen) atoms. The zero-order valence-corrected chi connectivity index (χ0v) is 9.59. The molecule has 0 unspecified atom stereocenters. The Labute approximate surface area is 80.8 Å². The van der Waals surface area contributed by atoms with E-state index in [2.05, 4.69) is 4.51 Å². The van der Waals surface area contributed by atoms with Crippen molar-refractivity contribution in [3.63, 3.8) is 0 Å². The quantitative estimate of drug-likeness (QED) is 0.514. The first-order chi connectivity index (χ1) is 5.25. The molecule has 0 heterocycles. The van der Waals surface area contributed by atoms with Gasteiger partial charge in [0.05, 0.1) is 5.57 Å². The first-order valence-electron chi connectivity index (χ1n) is 2.91. The molecule has 0 aromatic carbocycles. The molecule has 0 saturated carbocycles. The molecule has 0 aliphatic rings. The van der Waals surface area contributed by atoms with Gasteiger partial charge < -0.3 is 0 Å². The van der Waals surface area contributed by atoms with Crippen LogP contribution in [0.15, 0.2) is 10.6 Å². The highest BCUT2D eigenvalue weighted by Crippen LogP contribution is 2.29. The molecule has 72 valence electrons. The molecule has 0 aliphatic carbocycles. The predicted molar refractivity (Wildman–Crippen MR) is 57.7 cm³/mol. The predicted octanol–water partition coefficient (Wildman–Crippen LogP) is 3.43. The van der Waals surface area contributed by atoms with Crippen molar-refractivity contribution in [2.45, 2.75) is 13.1 Å². The van der Waals surface area contributed by atoms with Crippen LogP contribution in [0.2, 0.25) is 0 Å². The maximum absolute atomic E-state index is 12.2. The summed E-state index contributed by atoms with van der Waals surface area (Å²) in [6, 6.07) is 0. The smallest absolute Gasteiger partial charge is 0.166 e. The Kier molecular flexibility index (Phi) is 4.61. The van der Waals surface area contributed by atoms with Gasteiger partial charge in [0.25, 0.3) is 0 Å². The second kappa shape index (κ2) is 4.50. The van der Waals surface area contributed by atoms with Gasteiger partial charge in [0, 0.05) is 5.03 Å². The molecule has 0 nitrogen and oxygen atoms in total. The second-order valence-corrected chi connectivity index (χ2v) is 7.04. The van der Waals surface area contributed by atoms with Gasteiger partial charge in [0.2, 0.25) is 0 Å². The minimum absolute atomic E-state index is 0.213. The Balaban J connectivity index is 5.13. The van der Waals surface area contributed by atoms with Crippen molar-refractivity contribution in [3.05, 3.63) is 10.6 Å². The van der Waals surface area contributed by atoms with Gasteiger partial charge in [0.15, 0.2) is 0 Å². The summed E-state index contributed by atoms with van der Waals surface area (Å²) in [4.78, 5) is 1.72. The molecule has 0 atom stereocenters. The fourth-order valence-corrected chi connectivity index (χ4v) is 2.75. The van der Waals surface area contributed by atoms with Crippen molar-refractivity contribution in [3.8, 4) is 0 Å². The molecule has 0 aliphatic heterocycles. The van der Waals surface area contributed by atoms with Crippen LogP contribution < -0.4 is 0 Å². The van der Waals surface area contributed by atoms with E-state index >= 15 is 0 Å². The van der Waals surface area contributed by atoms with E-state index in [4.69, 9.17) is 11.6 Å². The van der Waals surface area contributed by atoms with Crippen LogP contribution in [-0.4, -0.2) is 19.6 Å². The monoisotopic (exact) mass is 312 g/mol. The van der Waals surface area contributed by atoms with Gasteiger partial charge >= 0.3 is 6.18 Å². The summed E-state index contributed by atoms with van der Waals surface area (Å²) in [5, 5.41) is -0.213. The summed E-state index contributed by atoms with van der Waals surface area (Å²) < 4.78 is 41.2. The van der Waals surface area contributed by atoms with Crippen LogP contribution in [-0.2, 0) is 0 Å². The molecule has 5 heteroatoms. The molecule has 0 N–H and O–H groups in total. The fourth-order valence-electron chi connectivity index (χ4n) is 0.519. The number of allylic oxidation sites excluding steroid dienone is 2.